The van der Waals surface area contributed by atoms with Crippen molar-refractivity contribution in [3.8, 4) is 0 Å². The summed E-state index contributed by atoms with van der Waals surface area (Å²) in [5, 5.41) is 40.4. The van der Waals surface area contributed by atoms with Gasteiger partial charge in [0.25, 0.3) is 0 Å². The highest BCUT2D eigenvalue weighted by atomic mass is 33.1. The lowest BCUT2D eigenvalue weighted by Crippen LogP contribution is -2.61. The van der Waals surface area contributed by atoms with E-state index in [0.717, 1.165) is 43.2 Å². The molecule has 14 atom stereocenters. The van der Waals surface area contributed by atoms with Gasteiger partial charge in [-0.1, -0.05) is 70.9 Å². The molecule has 5 rings (SSSR count). The van der Waals surface area contributed by atoms with E-state index in [4.69, 9.17) is 57.3 Å². The average molecular weight is 1740 g/mol. The molecule has 44 nitrogen and oxygen atoms in total. The second-order valence-electron chi connectivity index (χ2n) is 29.8. The zero-order chi connectivity index (χ0) is 87.1. The molecule has 1 aromatic heterocycles. The number of aromatic nitrogens is 2. The van der Waals surface area contributed by atoms with Crippen molar-refractivity contribution in [3.05, 3.63) is 18.2 Å². The summed E-state index contributed by atoms with van der Waals surface area (Å²) in [5.74, 6) is -14.8. The van der Waals surface area contributed by atoms with E-state index in [2.05, 4.69) is 88.4 Å². The van der Waals surface area contributed by atoms with Gasteiger partial charge in [-0.3, -0.25) is 82.3 Å². The number of aliphatic imine (C=N–C) groups is 4. The molecule has 4 aliphatic rings. The van der Waals surface area contributed by atoms with Crippen LogP contribution in [0, 0.1) is 11.8 Å². The van der Waals surface area contributed by atoms with Crippen LogP contribution in [0.25, 0.3) is 0 Å². The van der Waals surface area contributed by atoms with Gasteiger partial charge in [0.2, 0.25) is 76.8 Å². The molecule has 0 radical (unpaired) electrons. The number of carbonyl (C=O) groups is 14. The van der Waals surface area contributed by atoms with Crippen LogP contribution in [0.3, 0.4) is 0 Å². The quantitative estimate of drug-likeness (QED) is 0.0135. The lowest BCUT2D eigenvalue weighted by molar-refractivity contribution is -0.143. The Morgan fingerprint density at radius 1 is 0.500 bits per heavy atom. The standard InChI is InChI=1S/C70H121N29O15S4/c1-36(2)27-45-57(104)95-48(32-116-115-31-39(72)53(100)90-43(16-9-23-84-69(77)78)64(111)98-25-11-18-51(98)62(109)88-41(55(102)92-45)14-7-21-82-67(73)74)60(107)87-40(13-5-6-20-71)54(101)94-47(29-38-30-81-35-86-38)59(106)96-49-33-117-118-34-50(66(113)114)97-58(105)46(28-37(3)4)93-56(103)42(15-8-22-83-68(75)76)89-63(110)52-19-12-26-99(52)65(112)44(91-61(49)108)17-10-24-85-70(79)80/h30,35-37,39-52H,5-29,31-34,71-72H2,1-4H3,(H,81,86)(H,87,107)(H,88,109)(H,89,110)(H,90,100)(H,91,108)(H,92,102)(H,93,103)(H,94,101)(H,95,104)(H,96,106)(H,97,105)(H,113,114)(H4,73,74,82)(H4,75,76,83)(H4,77,78,84)(H4,79,80,85)/t39-,40-,41?,42-,43?,44-,45-,46?,47-,48?,49-,50-,51-,52-/m0/s1. The van der Waals surface area contributed by atoms with E-state index < -0.39 is 167 Å². The second-order valence-corrected chi connectivity index (χ2v) is 34.9. The number of H-pyrrole nitrogens is 1. The van der Waals surface area contributed by atoms with Gasteiger partial charge in [-0.2, -0.15) is 0 Å². The van der Waals surface area contributed by atoms with Crippen LogP contribution in [-0.2, 0) is 73.5 Å². The minimum absolute atomic E-state index is 0.0107. The maximum absolute atomic E-state index is 15.3. The van der Waals surface area contributed by atoms with Crippen molar-refractivity contribution in [2.24, 2.45) is 89.1 Å². The molecular weight excluding hydrogens is 1620 g/mol. The minimum Gasteiger partial charge on any atom is -0.480 e. The number of nitrogens with one attached hydrogen (secondary N) is 12. The number of rotatable bonds is 33. The van der Waals surface area contributed by atoms with Gasteiger partial charge in [0, 0.05) is 80.6 Å². The number of nitrogens with zero attached hydrogens (tertiary/aromatic N) is 7. The highest BCUT2D eigenvalue weighted by molar-refractivity contribution is 8.77. The highest BCUT2D eigenvalue weighted by Crippen LogP contribution is 2.28. The summed E-state index contributed by atoms with van der Waals surface area (Å²) >= 11 is 0. The van der Waals surface area contributed by atoms with Gasteiger partial charge >= 0.3 is 5.97 Å². The van der Waals surface area contributed by atoms with Crippen molar-refractivity contribution >= 4 is 150 Å². The van der Waals surface area contributed by atoms with Gasteiger partial charge in [-0.15, -0.1) is 0 Å². The van der Waals surface area contributed by atoms with Crippen molar-refractivity contribution in [2.45, 2.75) is 228 Å². The predicted octanol–water partition coefficient (Wildman–Crippen LogP) is -7.10. The van der Waals surface area contributed by atoms with E-state index in [1.807, 2.05) is 0 Å². The van der Waals surface area contributed by atoms with Crippen LogP contribution in [0.4, 0.5) is 0 Å². The summed E-state index contributed by atoms with van der Waals surface area (Å²) in [6.45, 7) is 7.54. The first-order valence-corrected chi connectivity index (χ1v) is 44.4. The first-order valence-electron chi connectivity index (χ1n) is 39.4. The zero-order valence-electron chi connectivity index (χ0n) is 67.1. The van der Waals surface area contributed by atoms with Gasteiger partial charge in [-0.05, 0) is 128 Å². The van der Waals surface area contributed by atoms with Crippen molar-refractivity contribution in [3.63, 3.8) is 0 Å². The minimum atomic E-state index is -1.64. The molecule has 0 spiro atoms. The maximum Gasteiger partial charge on any atom is 0.327 e. The third-order valence-corrected chi connectivity index (χ3v) is 24.0. The normalized spacial score (nSPS) is 24.5. The Kier molecular flexibility index (Phi) is 43.1. The molecule has 13 amide bonds. The smallest absolute Gasteiger partial charge is 0.327 e. The summed E-state index contributed by atoms with van der Waals surface area (Å²) in [5.41, 5.74) is 57.5. The molecule has 118 heavy (non-hydrogen) atoms. The number of carbonyl (C=O) groups excluding carboxylic acids is 13. The molecule has 4 aliphatic heterocycles. The van der Waals surface area contributed by atoms with E-state index in [1.54, 1.807) is 27.7 Å². The fraction of sp³-hybridized carbons (Fsp3) is 0.700. The first kappa shape index (κ1) is 98.8. The Hall–Kier alpha value is -9.81. The fourth-order valence-electron chi connectivity index (χ4n) is 13.1. The summed E-state index contributed by atoms with van der Waals surface area (Å²) in [7, 11) is 3.81. The first-order chi connectivity index (χ1) is 56.1. The van der Waals surface area contributed by atoms with E-state index in [9.17, 15) is 48.3 Å². The fourth-order valence-corrected chi connectivity index (χ4v) is 17.8. The molecule has 33 N–H and O–H groups in total. The Bertz CT molecular complexity index is 3660. The number of aliphatic carboxylic acids is 1. The number of unbranched alkanes of at least 4 members (excludes halogenated alkanes) is 1. The van der Waals surface area contributed by atoms with Gasteiger partial charge in [0.15, 0.2) is 23.8 Å². The molecule has 4 saturated heterocycles. The number of hydrogen-bond donors (Lipinski definition) is 23. The summed E-state index contributed by atoms with van der Waals surface area (Å²) in [6.07, 6.45) is 4.09. The van der Waals surface area contributed by atoms with Gasteiger partial charge < -0.3 is 136 Å². The Morgan fingerprint density at radius 2 is 0.915 bits per heavy atom. The molecule has 0 saturated carbocycles. The van der Waals surface area contributed by atoms with Crippen LogP contribution in [0.2, 0.25) is 0 Å². The molecule has 4 unspecified atom stereocenters. The number of fused-ring (bicyclic) bond motifs is 2. The number of carboxylic acids is 1. The molecule has 48 heteroatoms. The number of carboxylic acid groups (broad SMARTS) is 1. The van der Waals surface area contributed by atoms with Gasteiger partial charge in [0.05, 0.1) is 12.4 Å². The van der Waals surface area contributed by atoms with Gasteiger partial charge in [0.1, 0.15) is 78.5 Å². The number of amides is 13. The number of guanidine groups is 4. The van der Waals surface area contributed by atoms with Crippen LogP contribution < -0.4 is 116 Å². The molecule has 5 heterocycles. The third-order valence-electron chi connectivity index (χ3n) is 19.2. The third kappa shape index (κ3) is 34.6. The predicted molar refractivity (Wildman–Crippen MR) is 450 cm³/mol. The lowest BCUT2D eigenvalue weighted by Gasteiger charge is -2.31. The largest absolute Gasteiger partial charge is 0.480 e. The molecule has 4 fully saturated rings. The van der Waals surface area contributed by atoms with Crippen molar-refractivity contribution in [1.29, 1.82) is 0 Å². The van der Waals surface area contributed by atoms with Crippen molar-refractivity contribution in [2.75, 3.05) is 68.8 Å². The summed E-state index contributed by atoms with van der Waals surface area (Å²) in [4.78, 5) is 230. The Balaban J connectivity index is 1.54. The monoisotopic (exact) mass is 1740 g/mol. The Morgan fingerprint density at radius 3 is 1.36 bits per heavy atom. The molecule has 0 aliphatic carbocycles. The van der Waals surface area contributed by atoms with Crippen molar-refractivity contribution < 1.29 is 72.2 Å². The van der Waals surface area contributed by atoms with E-state index in [-0.39, 0.29) is 207 Å². The summed E-state index contributed by atoms with van der Waals surface area (Å²) in [6, 6.07) is -19.6. The molecule has 660 valence electrons. The lowest BCUT2D eigenvalue weighted by atomic mass is 10.0. The summed E-state index contributed by atoms with van der Waals surface area (Å²) < 4.78 is 0. The van der Waals surface area contributed by atoms with E-state index in [1.165, 1.54) is 22.3 Å². The van der Waals surface area contributed by atoms with Gasteiger partial charge in [-0.25, -0.2) is 9.78 Å². The van der Waals surface area contributed by atoms with E-state index >= 15 is 24.0 Å². The molecule has 1 aromatic rings. The van der Waals surface area contributed by atoms with Crippen LogP contribution >= 0.6 is 43.2 Å². The number of nitrogens with two attached hydrogens (primary N) is 10. The SMILES string of the molecule is CC(C)CC1NC(=O)[C@H](CCCN=C(N)N)NC(=O)[C@@H]2CCCN2C(=O)[C@H](CCCN=C(N)N)NC(=O)[C@@H](NC(=O)[C@H](Cc2cnc[nH]2)NC(=O)[C@H](CCCCN)NC(=O)C2CSSC[C@H](N)C(=O)NC(CCCN=C(N)N)C(=O)N3CCC[C@H]3C(=O)NC(CCCN=C(N)N)C(=O)N[C@@H](CC(C)C)C(=O)N2)CSSC[C@@H](C(=O)O)NC1=O. The zero-order valence-corrected chi connectivity index (χ0v) is 70.4. The molecule has 0 bridgehead atoms. The Labute approximate surface area is 700 Å². The molecular formula is C70H121N29O15S4. The molecule has 0 aromatic carbocycles. The number of aromatic amines is 1. The number of hydrogen-bond acceptors (Lipinski definition) is 25. The van der Waals surface area contributed by atoms with Crippen LogP contribution in [0.15, 0.2) is 32.5 Å². The topological polar surface area (TPSA) is 736 Å². The number of imidazole rings is 1. The van der Waals surface area contributed by atoms with Crippen LogP contribution in [0.1, 0.15) is 143 Å². The second kappa shape index (κ2) is 51.5. The maximum atomic E-state index is 15.3. The van der Waals surface area contributed by atoms with Crippen LogP contribution in [0.5, 0.6) is 0 Å². The average Bonchev–Trinajstić information content (AvgIpc) is 1.68. The highest BCUT2D eigenvalue weighted by Gasteiger charge is 2.44. The van der Waals surface area contributed by atoms with Crippen molar-refractivity contribution in [1.82, 2.24) is 78.3 Å². The van der Waals surface area contributed by atoms with Crippen LogP contribution in [-0.4, -0.2) is 285 Å². The van der Waals surface area contributed by atoms with E-state index in [0.29, 0.717) is 19.3 Å².